The molecule has 1 atom stereocenters. The SMILES string of the molecule is O=C(O)/C=N/OC(c1ccc(Oc2ccc3ccccc3n2)cc1)C1CCCCC1. The van der Waals surface area contributed by atoms with E-state index in [0.29, 0.717) is 17.5 Å². The minimum absolute atomic E-state index is 0.270. The molecule has 1 aliphatic rings. The van der Waals surface area contributed by atoms with Crippen LogP contribution in [0, 0.1) is 5.92 Å². The van der Waals surface area contributed by atoms with Crippen LogP contribution in [0.15, 0.2) is 65.8 Å². The second-order valence-corrected chi connectivity index (χ2v) is 7.51. The molecule has 0 aliphatic heterocycles. The van der Waals surface area contributed by atoms with E-state index < -0.39 is 5.97 Å². The highest BCUT2D eigenvalue weighted by atomic mass is 16.6. The first-order chi connectivity index (χ1) is 14.7. The van der Waals surface area contributed by atoms with Crippen molar-refractivity contribution in [2.24, 2.45) is 11.1 Å². The maximum absolute atomic E-state index is 10.7. The number of ether oxygens (including phenoxy) is 1. The van der Waals surface area contributed by atoms with Crippen molar-refractivity contribution in [3.05, 3.63) is 66.2 Å². The Balaban J connectivity index is 1.50. The van der Waals surface area contributed by atoms with Gasteiger partial charge in [-0.25, -0.2) is 9.78 Å². The zero-order valence-corrected chi connectivity index (χ0v) is 16.6. The third kappa shape index (κ3) is 4.95. The summed E-state index contributed by atoms with van der Waals surface area (Å²) in [5.74, 6) is 0.410. The molecular formula is C24H24N2O4. The number of nitrogens with zero attached hydrogens (tertiary/aromatic N) is 2. The average Bonchev–Trinajstić information content (AvgIpc) is 2.78. The zero-order valence-electron chi connectivity index (χ0n) is 16.6. The standard InChI is InChI=1S/C24H24N2O4/c27-23(28)16-25-30-24(18-7-2-1-3-8-18)19-10-13-20(14-11-19)29-22-15-12-17-6-4-5-9-21(17)26-22/h4-6,9-16,18,24H,1-3,7-8H2,(H,27,28)/b25-16+. The van der Waals surface area contributed by atoms with E-state index in [1.165, 1.54) is 6.42 Å². The lowest BCUT2D eigenvalue weighted by Gasteiger charge is -2.28. The highest BCUT2D eigenvalue weighted by Crippen LogP contribution is 2.37. The van der Waals surface area contributed by atoms with Crippen LogP contribution >= 0.6 is 0 Å². The van der Waals surface area contributed by atoms with E-state index in [4.69, 9.17) is 14.7 Å². The lowest BCUT2D eigenvalue weighted by atomic mass is 9.83. The van der Waals surface area contributed by atoms with Crippen LogP contribution in [-0.4, -0.2) is 22.3 Å². The number of para-hydroxylation sites is 1. The molecule has 6 heteroatoms. The molecule has 0 radical (unpaired) electrons. The highest BCUT2D eigenvalue weighted by molar-refractivity contribution is 6.21. The van der Waals surface area contributed by atoms with Gasteiger partial charge in [-0.05, 0) is 42.7 Å². The number of oxime groups is 1. The average molecular weight is 404 g/mol. The van der Waals surface area contributed by atoms with Crippen molar-refractivity contribution in [2.45, 2.75) is 38.2 Å². The van der Waals surface area contributed by atoms with Crippen molar-refractivity contribution in [1.29, 1.82) is 0 Å². The van der Waals surface area contributed by atoms with Crippen molar-refractivity contribution >= 4 is 23.1 Å². The summed E-state index contributed by atoms with van der Waals surface area (Å²) in [7, 11) is 0. The summed E-state index contributed by atoms with van der Waals surface area (Å²) in [5, 5.41) is 13.5. The van der Waals surface area contributed by atoms with Crippen LogP contribution in [0.2, 0.25) is 0 Å². The lowest BCUT2D eigenvalue weighted by molar-refractivity contribution is -0.129. The third-order valence-corrected chi connectivity index (χ3v) is 5.42. The highest BCUT2D eigenvalue weighted by Gasteiger charge is 2.27. The summed E-state index contributed by atoms with van der Waals surface area (Å²) in [6.07, 6.45) is 6.16. The Labute approximate surface area is 175 Å². The third-order valence-electron chi connectivity index (χ3n) is 5.42. The molecule has 2 aromatic carbocycles. The van der Waals surface area contributed by atoms with Gasteiger partial charge in [0, 0.05) is 17.4 Å². The van der Waals surface area contributed by atoms with Crippen LogP contribution in [0.1, 0.15) is 43.8 Å². The largest absolute Gasteiger partial charge is 0.477 e. The van der Waals surface area contributed by atoms with Gasteiger partial charge in [-0.1, -0.05) is 54.8 Å². The van der Waals surface area contributed by atoms with Gasteiger partial charge in [-0.15, -0.1) is 0 Å². The molecule has 0 bridgehead atoms. The normalized spacial score (nSPS) is 15.9. The van der Waals surface area contributed by atoms with Gasteiger partial charge in [0.15, 0.2) is 12.3 Å². The van der Waals surface area contributed by atoms with Gasteiger partial charge in [-0.2, -0.15) is 0 Å². The fourth-order valence-corrected chi connectivity index (χ4v) is 3.95. The molecule has 30 heavy (non-hydrogen) atoms. The predicted molar refractivity (Wildman–Crippen MR) is 115 cm³/mol. The Morgan fingerprint density at radius 2 is 1.80 bits per heavy atom. The monoisotopic (exact) mass is 404 g/mol. The molecule has 6 nitrogen and oxygen atoms in total. The van der Waals surface area contributed by atoms with Gasteiger partial charge in [0.25, 0.3) is 0 Å². The Kier molecular flexibility index (Phi) is 6.23. The maximum atomic E-state index is 10.7. The number of hydrogen-bond acceptors (Lipinski definition) is 5. The molecule has 0 saturated heterocycles. The predicted octanol–water partition coefficient (Wildman–Crippen LogP) is 5.74. The van der Waals surface area contributed by atoms with E-state index in [-0.39, 0.29) is 6.10 Å². The summed E-state index contributed by atoms with van der Waals surface area (Å²) in [4.78, 5) is 20.9. The molecule has 154 valence electrons. The minimum Gasteiger partial charge on any atom is -0.477 e. The fraction of sp³-hybridized carbons (Fsp3) is 0.292. The van der Waals surface area contributed by atoms with E-state index in [1.807, 2.05) is 60.7 Å². The summed E-state index contributed by atoms with van der Waals surface area (Å²) in [6.45, 7) is 0. The van der Waals surface area contributed by atoms with E-state index in [0.717, 1.165) is 48.4 Å². The minimum atomic E-state index is -1.12. The number of fused-ring (bicyclic) bond motifs is 1. The van der Waals surface area contributed by atoms with Crippen molar-refractivity contribution in [2.75, 3.05) is 0 Å². The van der Waals surface area contributed by atoms with E-state index in [9.17, 15) is 4.79 Å². The van der Waals surface area contributed by atoms with E-state index >= 15 is 0 Å². The van der Waals surface area contributed by atoms with Crippen LogP contribution in [-0.2, 0) is 9.63 Å². The number of aromatic nitrogens is 1. The maximum Gasteiger partial charge on any atom is 0.350 e. The Bertz CT molecular complexity index is 1030. The number of carboxylic acids is 1. The van der Waals surface area contributed by atoms with Crippen LogP contribution < -0.4 is 4.74 Å². The topological polar surface area (TPSA) is 81.0 Å². The molecule has 4 rings (SSSR count). The molecule has 1 aromatic heterocycles. The van der Waals surface area contributed by atoms with Gasteiger partial charge >= 0.3 is 5.97 Å². The number of pyridine rings is 1. The first-order valence-electron chi connectivity index (χ1n) is 10.2. The van der Waals surface area contributed by atoms with Crippen molar-refractivity contribution in [3.63, 3.8) is 0 Å². The van der Waals surface area contributed by atoms with Gasteiger partial charge in [0.05, 0.1) is 5.52 Å². The molecule has 1 N–H and O–H groups in total. The molecule has 3 aromatic rings. The van der Waals surface area contributed by atoms with Crippen LogP contribution in [0.3, 0.4) is 0 Å². The summed E-state index contributed by atoms with van der Waals surface area (Å²) >= 11 is 0. The van der Waals surface area contributed by atoms with Gasteiger partial charge in [0.1, 0.15) is 5.75 Å². The molecule has 1 saturated carbocycles. The number of carboxylic acid groups (broad SMARTS) is 1. The first-order valence-corrected chi connectivity index (χ1v) is 10.2. The number of carbonyl (C=O) groups is 1. The van der Waals surface area contributed by atoms with E-state index in [2.05, 4.69) is 10.1 Å². The Morgan fingerprint density at radius 3 is 2.57 bits per heavy atom. The second-order valence-electron chi connectivity index (χ2n) is 7.51. The Hall–Kier alpha value is -3.41. The van der Waals surface area contributed by atoms with Crippen molar-refractivity contribution in [1.82, 2.24) is 4.98 Å². The van der Waals surface area contributed by atoms with E-state index in [1.54, 1.807) is 0 Å². The molecular weight excluding hydrogens is 380 g/mol. The quantitative estimate of drug-likeness (QED) is 0.401. The van der Waals surface area contributed by atoms with Crippen LogP contribution in [0.5, 0.6) is 11.6 Å². The molecule has 1 fully saturated rings. The summed E-state index contributed by atoms with van der Waals surface area (Å²) < 4.78 is 5.92. The summed E-state index contributed by atoms with van der Waals surface area (Å²) in [6, 6.07) is 19.4. The van der Waals surface area contributed by atoms with Gasteiger partial charge in [0.2, 0.25) is 5.88 Å². The molecule has 0 spiro atoms. The molecule has 1 unspecified atom stereocenters. The lowest BCUT2D eigenvalue weighted by Crippen LogP contribution is -2.18. The second kappa shape index (κ2) is 9.39. The summed E-state index contributed by atoms with van der Waals surface area (Å²) in [5.41, 5.74) is 1.84. The molecule has 1 aliphatic carbocycles. The first kappa shape index (κ1) is 19.9. The number of hydrogen-bond donors (Lipinski definition) is 1. The van der Waals surface area contributed by atoms with Crippen LogP contribution in [0.25, 0.3) is 10.9 Å². The van der Waals surface area contributed by atoms with Crippen molar-refractivity contribution < 1.29 is 19.5 Å². The van der Waals surface area contributed by atoms with Crippen LogP contribution in [0.4, 0.5) is 0 Å². The molecule has 0 amide bonds. The molecule has 1 heterocycles. The fourth-order valence-electron chi connectivity index (χ4n) is 3.95. The smallest absolute Gasteiger partial charge is 0.350 e. The number of rotatable bonds is 7. The Morgan fingerprint density at radius 1 is 1.03 bits per heavy atom. The van der Waals surface area contributed by atoms with Gasteiger partial charge in [-0.3, -0.25) is 0 Å². The van der Waals surface area contributed by atoms with Gasteiger partial charge < -0.3 is 14.7 Å². The number of aliphatic carboxylic acids is 1. The zero-order chi connectivity index (χ0) is 20.8. The number of benzene rings is 2. The van der Waals surface area contributed by atoms with Crippen molar-refractivity contribution in [3.8, 4) is 11.6 Å².